The molecule has 1 N–H and O–H groups in total. The van der Waals surface area contributed by atoms with E-state index in [1.807, 2.05) is 31.2 Å². The van der Waals surface area contributed by atoms with E-state index in [0.29, 0.717) is 34.0 Å². The molecule has 0 unspecified atom stereocenters. The van der Waals surface area contributed by atoms with E-state index < -0.39 is 0 Å². The molecule has 2 amide bonds. The number of likely N-dealkylation sites (tertiary alicyclic amines) is 1. The summed E-state index contributed by atoms with van der Waals surface area (Å²) in [4.78, 5) is 19.0. The van der Waals surface area contributed by atoms with Gasteiger partial charge in [-0.3, -0.25) is 0 Å². The summed E-state index contributed by atoms with van der Waals surface area (Å²) in [6, 6.07) is 12.4. The number of halogens is 2. The van der Waals surface area contributed by atoms with Crippen LogP contribution >= 0.6 is 23.2 Å². The summed E-state index contributed by atoms with van der Waals surface area (Å²) < 4.78 is 5.49. The number of para-hydroxylation sites is 1. The van der Waals surface area contributed by atoms with Gasteiger partial charge in [0.15, 0.2) is 0 Å². The van der Waals surface area contributed by atoms with Gasteiger partial charge in [-0.1, -0.05) is 58.2 Å². The number of carbonyl (C=O) groups is 1. The van der Waals surface area contributed by atoms with Crippen molar-refractivity contribution in [2.24, 2.45) is 0 Å². The smallest absolute Gasteiger partial charge is 0.322 e. The van der Waals surface area contributed by atoms with Crippen LogP contribution < -0.4 is 5.32 Å². The monoisotopic (exact) mass is 416 g/mol. The van der Waals surface area contributed by atoms with Crippen LogP contribution in [-0.4, -0.2) is 27.6 Å². The molecule has 1 aliphatic heterocycles. The fourth-order valence-corrected chi connectivity index (χ4v) is 3.83. The van der Waals surface area contributed by atoms with Crippen LogP contribution in [0.25, 0.3) is 11.4 Å². The second-order valence-electron chi connectivity index (χ2n) is 6.70. The molecule has 0 saturated carbocycles. The Labute approximate surface area is 172 Å². The summed E-state index contributed by atoms with van der Waals surface area (Å²) >= 11 is 12.3. The summed E-state index contributed by atoms with van der Waals surface area (Å²) in [5, 5.41) is 7.66. The van der Waals surface area contributed by atoms with Crippen LogP contribution in [0, 0.1) is 6.92 Å². The first-order valence-corrected chi connectivity index (χ1v) is 9.71. The first-order chi connectivity index (χ1) is 13.5. The van der Waals surface area contributed by atoms with E-state index in [0.717, 1.165) is 24.0 Å². The molecule has 6 nitrogen and oxygen atoms in total. The third-order valence-electron chi connectivity index (χ3n) is 4.71. The van der Waals surface area contributed by atoms with Crippen molar-refractivity contribution in [2.75, 3.05) is 11.9 Å². The van der Waals surface area contributed by atoms with E-state index in [1.54, 1.807) is 23.1 Å². The minimum Gasteiger partial charge on any atom is -0.337 e. The molecule has 144 valence electrons. The normalized spacial score (nSPS) is 16.4. The molecule has 0 radical (unpaired) electrons. The number of nitrogens with zero attached hydrogens (tertiary/aromatic N) is 3. The van der Waals surface area contributed by atoms with Crippen LogP contribution in [0.5, 0.6) is 0 Å². The highest BCUT2D eigenvalue weighted by molar-refractivity contribution is 6.39. The van der Waals surface area contributed by atoms with E-state index >= 15 is 0 Å². The summed E-state index contributed by atoms with van der Waals surface area (Å²) in [5.74, 6) is 0.939. The Morgan fingerprint density at radius 1 is 1.21 bits per heavy atom. The molecule has 2 heterocycles. The average molecular weight is 417 g/mol. The summed E-state index contributed by atoms with van der Waals surface area (Å²) in [6.45, 7) is 2.59. The van der Waals surface area contributed by atoms with Gasteiger partial charge >= 0.3 is 6.03 Å². The Balaban J connectivity index is 1.55. The molecule has 2 aromatic carbocycles. The van der Waals surface area contributed by atoms with Crippen molar-refractivity contribution in [2.45, 2.75) is 25.8 Å². The van der Waals surface area contributed by atoms with Gasteiger partial charge in [0.2, 0.25) is 11.7 Å². The molecule has 4 rings (SSSR count). The van der Waals surface area contributed by atoms with Gasteiger partial charge in [-0.25, -0.2) is 4.79 Å². The van der Waals surface area contributed by atoms with Crippen molar-refractivity contribution in [1.82, 2.24) is 15.0 Å². The van der Waals surface area contributed by atoms with Crippen molar-refractivity contribution in [3.05, 3.63) is 64.0 Å². The largest absolute Gasteiger partial charge is 0.337 e. The number of aromatic nitrogens is 2. The standard InChI is InChI=1S/C20H18Cl2N4O2/c1-12-5-2-6-13(11-12)18-24-19(28-25-18)16-9-4-10-26(16)20(27)23-17-14(21)7-3-8-15(17)22/h2-3,5-8,11,16H,4,9-10H2,1H3,(H,23,27)/t16-/m0/s1. The van der Waals surface area contributed by atoms with Crippen molar-refractivity contribution < 1.29 is 9.32 Å². The number of nitrogens with one attached hydrogen (secondary N) is 1. The van der Waals surface area contributed by atoms with E-state index in [1.165, 1.54) is 0 Å². The molecular weight excluding hydrogens is 399 g/mol. The molecule has 1 aliphatic rings. The number of rotatable bonds is 3. The maximum absolute atomic E-state index is 12.8. The first-order valence-electron chi connectivity index (χ1n) is 8.95. The van der Waals surface area contributed by atoms with Gasteiger partial charge in [-0.2, -0.15) is 4.98 Å². The highest BCUT2D eigenvalue weighted by Gasteiger charge is 2.34. The van der Waals surface area contributed by atoms with E-state index in [-0.39, 0.29) is 12.1 Å². The Kier molecular flexibility index (Phi) is 5.24. The molecule has 8 heteroatoms. The van der Waals surface area contributed by atoms with Gasteiger partial charge in [0.25, 0.3) is 0 Å². The van der Waals surface area contributed by atoms with Crippen molar-refractivity contribution in [1.29, 1.82) is 0 Å². The molecule has 1 aromatic heterocycles. The zero-order valence-corrected chi connectivity index (χ0v) is 16.7. The fraction of sp³-hybridized carbons (Fsp3) is 0.250. The molecule has 1 fully saturated rings. The van der Waals surface area contributed by atoms with Crippen molar-refractivity contribution in [3.8, 4) is 11.4 Å². The zero-order valence-electron chi connectivity index (χ0n) is 15.2. The maximum Gasteiger partial charge on any atom is 0.322 e. The average Bonchev–Trinajstić information content (AvgIpc) is 3.33. The second kappa shape index (κ2) is 7.81. The van der Waals surface area contributed by atoms with Gasteiger partial charge in [0.05, 0.1) is 15.7 Å². The third-order valence-corrected chi connectivity index (χ3v) is 5.34. The van der Waals surface area contributed by atoms with Crippen LogP contribution in [0.2, 0.25) is 10.0 Å². The molecular formula is C20H18Cl2N4O2. The predicted octanol–water partition coefficient (Wildman–Crippen LogP) is 5.72. The second-order valence-corrected chi connectivity index (χ2v) is 7.52. The summed E-state index contributed by atoms with van der Waals surface area (Å²) in [7, 11) is 0. The number of carbonyl (C=O) groups excluding carboxylic acids is 1. The fourth-order valence-electron chi connectivity index (χ4n) is 3.33. The number of hydrogen-bond acceptors (Lipinski definition) is 4. The predicted molar refractivity (Wildman–Crippen MR) is 109 cm³/mol. The quantitative estimate of drug-likeness (QED) is 0.592. The van der Waals surface area contributed by atoms with Gasteiger partial charge < -0.3 is 14.7 Å². The SMILES string of the molecule is Cc1cccc(-c2noc([C@@H]3CCCN3C(=O)Nc3c(Cl)cccc3Cl)n2)c1. The Hall–Kier alpha value is -2.57. The number of benzene rings is 2. The van der Waals surface area contributed by atoms with Crippen LogP contribution in [0.3, 0.4) is 0 Å². The summed E-state index contributed by atoms with van der Waals surface area (Å²) in [6.07, 6.45) is 1.59. The summed E-state index contributed by atoms with van der Waals surface area (Å²) in [5.41, 5.74) is 2.39. The lowest BCUT2D eigenvalue weighted by Crippen LogP contribution is -2.34. The number of urea groups is 1. The van der Waals surface area contributed by atoms with E-state index in [9.17, 15) is 4.79 Å². The lowest BCUT2D eigenvalue weighted by atomic mass is 10.1. The molecule has 0 spiro atoms. The highest BCUT2D eigenvalue weighted by Crippen LogP contribution is 2.35. The molecule has 3 aromatic rings. The minimum absolute atomic E-state index is 0.285. The maximum atomic E-state index is 12.8. The van der Waals surface area contributed by atoms with Gasteiger partial charge in [0.1, 0.15) is 6.04 Å². The van der Waals surface area contributed by atoms with Crippen LogP contribution in [0.1, 0.15) is 30.3 Å². The lowest BCUT2D eigenvalue weighted by Gasteiger charge is -2.22. The first kappa shape index (κ1) is 18.8. The Morgan fingerprint density at radius 3 is 2.71 bits per heavy atom. The molecule has 1 atom stereocenters. The van der Waals surface area contributed by atoms with Crippen molar-refractivity contribution in [3.63, 3.8) is 0 Å². The zero-order chi connectivity index (χ0) is 19.7. The molecule has 0 aliphatic carbocycles. The Bertz CT molecular complexity index is 1000. The Morgan fingerprint density at radius 2 is 1.96 bits per heavy atom. The van der Waals surface area contributed by atoms with Crippen molar-refractivity contribution >= 4 is 34.9 Å². The molecule has 0 bridgehead atoms. The van der Waals surface area contributed by atoms with Gasteiger partial charge in [0, 0.05) is 12.1 Å². The number of aryl methyl sites for hydroxylation is 1. The molecule has 28 heavy (non-hydrogen) atoms. The van der Waals surface area contributed by atoms with Crippen LogP contribution in [-0.2, 0) is 0 Å². The van der Waals surface area contributed by atoms with Gasteiger partial charge in [-0.05, 0) is 38.0 Å². The van der Waals surface area contributed by atoms with Crippen LogP contribution in [0.15, 0.2) is 47.0 Å². The van der Waals surface area contributed by atoms with Gasteiger partial charge in [-0.15, -0.1) is 0 Å². The topological polar surface area (TPSA) is 71.3 Å². The lowest BCUT2D eigenvalue weighted by molar-refractivity contribution is 0.193. The number of hydrogen-bond donors (Lipinski definition) is 1. The third kappa shape index (κ3) is 3.70. The van der Waals surface area contributed by atoms with E-state index in [2.05, 4.69) is 15.5 Å². The number of anilines is 1. The molecule has 1 saturated heterocycles. The minimum atomic E-state index is -0.298. The highest BCUT2D eigenvalue weighted by atomic mass is 35.5. The van der Waals surface area contributed by atoms with Crippen LogP contribution in [0.4, 0.5) is 10.5 Å². The number of amides is 2. The van der Waals surface area contributed by atoms with E-state index in [4.69, 9.17) is 27.7 Å².